The van der Waals surface area contributed by atoms with Crippen LogP contribution in [-0.2, 0) is 4.79 Å². The number of benzene rings is 2. The minimum atomic E-state index is -0.223. The van der Waals surface area contributed by atoms with Gasteiger partial charge in [-0.05, 0) is 49.7 Å². The molecule has 2 aromatic carbocycles. The van der Waals surface area contributed by atoms with Crippen molar-refractivity contribution in [3.8, 4) is 0 Å². The van der Waals surface area contributed by atoms with E-state index in [-0.39, 0.29) is 11.7 Å². The Hall–Kier alpha value is -1.50. The first-order chi connectivity index (χ1) is 11.6. The van der Waals surface area contributed by atoms with Gasteiger partial charge in [0.1, 0.15) is 5.82 Å². The van der Waals surface area contributed by atoms with Gasteiger partial charge >= 0.3 is 0 Å². The normalized spacial score (nSPS) is 10.8. The molecule has 0 bridgehead atoms. The van der Waals surface area contributed by atoms with Crippen molar-refractivity contribution in [2.24, 2.45) is 0 Å². The number of nitrogens with one attached hydrogen (secondary N) is 1. The van der Waals surface area contributed by atoms with E-state index in [1.54, 1.807) is 35.7 Å². The predicted molar refractivity (Wildman–Crippen MR) is 101 cm³/mol. The molecule has 0 fully saturated rings. The van der Waals surface area contributed by atoms with E-state index in [0.717, 1.165) is 27.8 Å². The van der Waals surface area contributed by atoms with E-state index < -0.39 is 0 Å². The van der Waals surface area contributed by atoms with Gasteiger partial charge in [0.25, 0.3) is 0 Å². The minimum absolute atomic E-state index is 0.0224. The third kappa shape index (κ3) is 6.19. The average molecular weight is 365 g/mol. The number of rotatable bonds is 8. The van der Waals surface area contributed by atoms with Gasteiger partial charge in [0.15, 0.2) is 0 Å². The van der Waals surface area contributed by atoms with E-state index in [2.05, 4.69) is 5.32 Å². The second-order valence-corrected chi connectivity index (χ2v) is 7.31. The molecular formula is C18H21FN2OS2. The molecule has 2 rings (SSSR count). The van der Waals surface area contributed by atoms with Gasteiger partial charge in [-0.25, -0.2) is 4.39 Å². The summed E-state index contributed by atoms with van der Waals surface area (Å²) in [7, 11) is 1.92. The zero-order valence-corrected chi connectivity index (χ0v) is 15.4. The van der Waals surface area contributed by atoms with Crippen molar-refractivity contribution in [3.63, 3.8) is 0 Å². The Kier molecular flexibility index (Phi) is 7.62. The molecule has 0 saturated carbocycles. The van der Waals surface area contributed by atoms with E-state index in [0.29, 0.717) is 6.54 Å². The van der Waals surface area contributed by atoms with Crippen LogP contribution in [0.3, 0.4) is 0 Å². The number of thioether (sulfide) groups is 2. The highest BCUT2D eigenvalue weighted by molar-refractivity contribution is 7.99. The maximum Gasteiger partial charge on any atom is 0.238 e. The monoisotopic (exact) mass is 364 g/mol. The fourth-order valence-electron chi connectivity index (χ4n) is 2.11. The smallest absolute Gasteiger partial charge is 0.238 e. The fourth-order valence-corrected chi connectivity index (χ4v) is 3.63. The number of hydrogen-bond acceptors (Lipinski definition) is 4. The highest BCUT2D eigenvalue weighted by Crippen LogP contribution is 2.24. The summed E-state index contributed by atoms with van der Waals surface area (Å²) in [4.78, 5) is 16.2. The summed E-state index contributed by atoms with van der Waals surface area (Å²) in [6, 6.07) is 14.2. The van der Waals surface area contributed by atoms with E-state index >= 15 is 0 Å². The highest BCUT2D eigenvalue weighted by Gasteiger charge is 2.09. The molecule has 0 unspecified atom stereocenters. The number of nitrogens with zero attached hydrogens (tertiary/aromatic N) is 1. The number of carbonyl (C=O) groups is 1. The number of amides is 1. The van der Waals surface area contributed by atoms with Crippen LogP contribution in [0.25, 0.3) is 0 Å². The van der Waals surface area contributed by atoms with E-state index in [1.807, 2.05) is 42.5 Å². The lowest BCUT2D eigenvalue weighted by Crippen LogP contribution is -2.31. The van der Waals surface area contributed by atoms with Crippen molar-refractivity contribution in [3.05, 3.63) is 54.3 Å². The van der Waals surface area contributed by atoms with Crippen molar-refractivity contribution in [2.75, 3.05) is 37.5 Å². The first-order valence-electron chi connectivity index (χ1n) is 7.58. The van der Waals surface area contributed by atoms with E-state index in [4.69, 9.17) is 0 Å². The fraction of sp³-hybridized carbons (Fsp3) is 0.278. The van der Waals surface area contributed by atoms with Crippen LogP contribution in [0.5, 0.6) is 0 Å². The van der Waals surface area contributed by atoms with Crippen molar-refractivity contribution in [2.45, 2.75) is 9.79 Å². The number of likely N-dealkylation sites (N-methyl/N-ethyl adjacent to an activating group) is 1. The lowest BCUT2D eigenvalue weighted by atomic mass is 10.3. The van der Waals surface area contributed by atoms with Crippen LogP contribution in [0.1, 0.15) is 0 Å². The van der Waals surface area contributed by atoms with Gasteiger partial charge in [-0.3, -0.25) is 9.69 Å². The van der Waals surface area contributed by atoms with Crippen LogP contribution in [0, 0.1) is 5.82 Å². The number of anilines is 1. The second kappa shape index (κ2) is 9.71. The van der Waals surface area contributed by atoms with Gasteiger partial charge in [-0.2, -0.15) is 0 Å². The van der Waals surface area contributed by atoms with Gasteiger partial charge < -0.3 is 5.32 Å². The average Bonchev–Trinajstić information content (AvgIpc) is 2.57. The molecule has 0 atom stereocenters. The molecular weight excluding hydrogens is 343 g/mol. The molecule has 128 valence electrons. The molecule has 0 aliphatic rings. The molecule has 3 nitrogen and oxygen atoms in total. The van der Waals surface area contributed by atoms with Gasteiger partial charge in [0.2, 0.25) is 5.91 Å². The number of para-hydroxylation sites is 1. The second-order valence-electron chi connectivity index (χ2n) is 5.29. The van der Waals surface area contributed by atoms with Crippen molar-refractivity contribution in [1.82, 2.24) is 4.90 Å². The third-order valence-electron chi connectivity index (χ3n) is 3.35. The summed E-state index contributed by atoms with van der Waals surface area (Å²) in [5.41, 5.74) is 0.851. The third-order valence-corrected chi connectivity index (χ3v) is 5.14. The maximum absolute atomic E-state index is 12.9. The molecule has 0 heterocycles. The molecule has 0 spiro atoms. The Morgan fingerprint density at radius 3 is 2.58 bits per heavy atom. The maximum atomic E-state index is 12.9. The van der Waals surface area contributed by atoms with Gasteiger partial charge in [0.05, 0.1) is 12.2 Å². The largest absolute Gasteiger partial charge is 0.324 e. The quantitative estimate of drug-likeness (QED) is 0.711. The van der Waals surface area contributed by atoms with Crippen LogP contribution in [0.4, 0.5) is 10.1 Å². The lowest BCUT2D eigenvalue weighted by Gasteiger charge is -2.16. The Morgan fingerprint density at radius 1 is 1.17 bits per heavy atom. The Bertz CT molecular complexity index is 664. The molecule has 0 aliphatic heterocycles. The van der Waals surface area contributed by atoms with Crippen molar-refractivity contribution < 1.29 is 9.18 Å². The molecule has 24 heavy (non-hydrogen) atoms. The summed E-state index contributed by atoms with van der Waals surface area (Å²) in [5.74, 6) is 0.598. The number of halogens is 1. The van der Waals surface area contributed by atoms with Crippen LogP contribution in [0.2, 0.25) is 0 Å². The zero-order chi connectivity index (χ0) is 17.4. The zero-order valence-electron chi connectivity index (χ0n) is 13.8. The molecule has 0 aromatic heterocycles. The van der Waals surface area contributed by atoms with E-state index in [9.17, 15) is 9.18 Å². The van der Waals surface area contributed by atoms with Crippen LogP contribution < -0.4 is 5.32 Å². The predicted octanol–water partition coefficient (Wildman–Crippen LogP) is 4.21. The topological polar surface area (TPSA) is 32.3 Å². The molecule has 0 radical (unpaired) electrons. The van der Waals surface area contributed by atoms with Crippen LogP contribution >= 0.6 is 23.5 Å². The number of hydrogen-bond donors (Lipinski definition) is 1. The lowest BCUT2D eigenvalue weighted by molar-refractivity contribution is -0.117. The van der Waals surface area contributed by atoms with E-state index in [1.165, 1.54) is 12.1 Å². The van der Waals surface area contributed by atoms with Crippen molar-refractivity contribution >= 4 is 35.1 Å². The Morgan fingerprint density at radius 2 is 1.88 bits per heavy atom. The molecule has 0 aliphatic carbocycles. The highest BCUT2D eigenvalue weighted by atomic mass is 32.2. The minimum Gasteiger partial charge on any atom is -0.324 e. The molecule has 2 aromatic rings. The summed E-state index contributed by atoms with van der Waals surface area (Å²) < 4.78 is 12.9. The van der Waals surface area contributed by atoms with Crippen LogP contribution in [-0.4, -0.2) is 43.0 Å². The summed E-state index contributed by atoms with van der Waals surface area (Å²) in [6.07, 6.45) is 1.99. The summed E-state index contributed by atoms with van der Waals surface area (Å²) >= 11 is 3.26. The first-order valence-corrected chi connectivity index (χ1v) is 9.79. The Balaban J connectivity index is 1.74. The van der Waals surface area contributed by atoms with Gasteiger partial charge in [-0.1, -0.05) is 12.1 Å². The van der Waals surface area contributed by atoms with Gasteiger partial charge in [-0.15, -0.1) is 23.5 Å². The molecule has 1 N–H and O–H groups in total. The molecule has 1 amide bonds. The summed E-state index contributed by atoms with van der Waals surface area (Å²) in [5, 5.41) is 2.96. The first kappa shape index (κ1) is 18.8. The SMILES string of the molecule is CSc1ccccc1NC(=O)CN(C)CCSc1ccc(F)cc1. The molecule has 6 heteroatoms. The standard InChI is InChI=1S/C18H21FN2OS2/c1-21(11-12-24-15-9-7-14(19)8-10-15)13-18(22)20-16-5-3-4-6-17(16)23-2/h3-10H,11-13H2,1-2H3,(H,20,22). The van der Waals surface area contributed by atoms with Gasteiger partial charge in [0, 0.05) is 22.1 Å². The number of carbonyl (C=O) groups excluding carboxylic acids is 1. The Labute approximate surface area is 151 Å². The van der Waals surface area contributed by atoms with Crippen molar-refractivity contribution in [1.29, 1.82) is 0 Å². The molecule has 0 saturated heterocycles. The van der Waals surface area contributed by atoms with Crippen LogP contribution in [0.15, 0.2) is 58.3 Å². The summed E-state index contributed by atoms with van der Waals surface area (Å²) in [6.45, 7) is 1.12.